The van der Waals surface area contributed by atoms with E-state index < -0.39 is 24.1 Å². The van der Waals surface area contributed by atoms with Gasteiger partial charge in [-0.2, -0.15) is 0 Å². The number of urea groups is 1. The van der Waals surface area contributed by atoms with Crippen molar-refractivity contribution in [3.63, 3.8) is 0 Å². The second-order valence-electron chi connectivity index (χ2n) is 6.05. The molecule has 0 bridgehead atoms. The van der Waals surface area contributed by atoms with E-state index in [0.29, 0.717) is 6.54 Å². The van der Waals surface area contributed by atoms with Crippen LogP contribution in [0.15, 0.2) is 0 Å². The Balaban J connectivity index is 2.52. The maximum absolute atomic E-state index is 12.0. The predicted molar refractivity (Wildman–Crippen MR) is 74.8 cm³/mol. The molecule has 1 heterocycles. The van der Waals surface area contributed by atoms with Crippen LogP contribution in [0, 0.1) is 0 Å². The standard InChI is InChI=1S/C13H23N3O5/c1-8(10(17)15-13(2,3)4)14-12(20)16-5-6-21-9(7-16)11(18)19/h8-9H,5-7H2,1-4H3,(H,14,20)(H,15,17)(H,18,19). The number of carboxylic acid groups (broad SMARTS) is 1. The Labute approximate surface area is 123 Å². The summed E-state index contributed by atoms with van der Waals surface area (Å²) in [7, 11) is 0. The van der Waals surface area contributed by atoms with Crippen molar-refractivity contribution in [1.82, 2.24) is 15.5 Å². The van der Waals surface area contributed by atoms with E-state index >= 15 is 0 Å². The van der Waals surface area contributed by atoms with Crippen molar-refractivity contribution >= 4 is 17.9 Å². The fourth-order valence-corrected chi connectivity index (χ4v) is 1.80. The van der Waals surface area contributed by atoms with Crippen LogP contribution in [0.25, 0.3) is 0 Å². The number of carboxylic acids is 1. The van der Waals surface area contributed by atoms with Crippen molar-refractivity contribution in [3.8, 4) is 0 Å². The first-order chi connectivity index (χ1) is 9.60. The molecular weight excluding hydrogens is 278 g/mol. The summed E-state index contributed by atoms with van der Waals surface area (Å²) in [5, 5.41) is 14.2. The molecule has 1 saturated heterocycles. The van der Waals surface area contributed by atoms with E-state index in [4.69, 9.17) is 9.84 Å². The molecule has 0 radical (unpaired) electrons. The molecule has 3 N–H and O–H groups in total. The number of hydrogen-bond acceptors (Lipinski definition) is 4. The van der Waals surface area contributed by atoms with Crippen molar-refractivity contribution in [2.45, 2.75) is 45.4 Å². The second kappa shape index (κ2) is 6.75. The Kier molecular flexibility index (Phi) is 5.54. The van der Waals surface area contributed by atoms with E-state index in [1.165, 1.54) is 4.90 Å². The van der Waals surface area contributed by atoms with Crippen LogP contribution in [0.2, 0.25) is 0 Å². The average Bonchev–Trinajstić information content (AvgIpc) is 2.36. The molecule has 3 amide bonds. The highest BCUT2D eigenvalue weighted by Gasteiger charge is 2.30. The number of ether oxygens (including phenoxy) is 1. The maximum Gasteiger partial charge on any atom is 0.334 e. The molecule has 2 atom stereocenters. The molecule has 0 aromatic rings. The third-order valence-electron chi connectivity index (χ3n) is 2.86. The van der Waals surface area contributed by atoms with Crippen LogP contribution < -0.4 is 10.6 Å². The van der Waals surface area contributed by atoms with Crippen LogP contribution in [0.3, 0.4) is 0 Å². The van der Waals surface area contributed by atoms with Crippen molar-refractivity contribution in [1.29, 1.82) is 0 Å². The van der Waals surface area contributed by atoms with E-state index in [9.17, 15) is 14.4 Å². The molecule has 0 aromatic heterocycles. The summed E-state index contributed by atoms with van der Waals surface area (Å²) in [4.78, 5) is 36.1. The number of morpholine rings is 1. The minimum atomic E-state index is -1.11. The van der Waals surface area contributed by atoms with Gasteiger partial charge in [0.25, 0.3) is 0 Å². The fourth-order valence-electron chi connectivity index (χ4n) is 1.80. The molecule has 1 fully saturated rings. The van der Waals surface area contributed by atoms with E-state index in [1.807, 2.05) is 20.8 Å². The van der Waals surface area contributed by atoms with Crippen LogP contribution in [-0.4, -0.2) is 65.3 Å². The highest BCUT2D eigenvalue weighted by molar-refractivity contribution is 5.87. The van der Waals surface area contributed by atoms with Crippen molar-refractivity contribution in [2.24, 2.45) is 0 Å². The van der Waals surface area contributed by atoms with Gasteiger partial charge in [-0.15, -0.1) is 0 Å². The lowest BCUT2D eigenvalue weighted by Gasteiger charge is -2.32. The molecule has 21 heavy (non-hydrogen) atoms. The van der Waals surface area contributed by atoms with Crippen LogP contribution >= 0.6 is 0 Å². The van der Waals surface area contributed by atoms with Crippen molar-refractivity contribution in [2.75, 3.05) is 19.7 Å². The summed E-state index contributed by atoms with van der Waals surface area (Å²) in [6.45, 7) is 7.54. The van der Waals surface area contributed by atoms with E-state index in [2.05, 4.69) is 10.6 Å². The van der Waals surface area contributed by atoms with Crippen LogP contribution in [-0.2, 0) is 14.3 Å². The third kappa shape index (κ3) is 5.58. The summed E-state index contributed by atoms with van der Waals surface area (Å²) >= 11 is 0. The smallest absolute Gasteiger partial charge is 0.334 e. The number of carbonyl (C=O) groups is 3. The predicted octanol–water partition coefficient (Wildman–Crippen LogP) is -0.215. The zero-order valence-electron chi connectivity index (χ0n) is 12.8. The van der Waals surface area contributed by atoms with Crippen LogP contribution in [0.5, 0.6) is 0 Å². The summed E-state index contributed by atoms with van der Waals surface area (Å²) in [5.74, 6) is -1.40. The van der Waals surface area contributed by atoms with Gasteiger partial charge in [0.05, 0.1) is 13.2 Å². The molecule has 8 heteroatoms. The average molecular weight is 301 g/mol. The Morgan fingerprint density at radius 2 is 1.95 bits per heavy atom. The van der Waals surface area contributed by atoms with Gasteiger partial charge in [0.2, 0.25) is 5.91 Å². The molecule has 0 aromatic carbocycles. The molecule has 1 aliphatic rings. The number of carbonyl (C=O) groups excluding carboxylic acids is 2. The number of rotatable bonds is 3. The molecule has 0 saturated carbocycles. The van der Waals surface area contributed by atoms with E-state index in [1.54, 1.807) is 6.92 Å². The van der Waals surface area contributed by atoms with Gasteiger partial charge in [-0.05, 0) is 27.7 Å². The molecule has 0 aliphatic carbocycles. The largest absolute Gasteiger partial charge is 0.479 e. The lowest BCUT2D eigenvalue weighted by Crippen LogP contribution is -2.56. The molecule has 1 aliphatic heterocycles. The molecule has 2 unspecified atom stereocenters. The van der Waals surface area contributed by atoms with Gasteiger partial charge in [0.15, 0.2) is 6.10 Å². The van der Waals surface area contributed by atoms with Crippen LogP contribution in [0.4, 0.5) is 4.79 Å². The molecule has 8 nitrogen and oxygen atoms in total. The number of hydrogen-bond donors (Lipinski definition) is 3. The topological polar surface area (TPSA) is 108 Å². The van der Waals surface area contributed by atoms with Gasteiger partial charge in [-0.3, -0.25) is 4.79 Å². The Morgan fingerprint density at radius 1 is 1.33 bits per heavy atom. The van der Waals surface area contributed by atoms with E-state index in [0.717, 1.165) is 0 Å². The zero-order valence-corrected chi connectivity index (χ0v) is 12.8. The van der Waals surface area contributed by atoms with Gasteiger partial charge >= 0.3 is 12.0 Å². The summed E-state index contributed by atoms with van der Waals surface area (Å²) < 4.78 is 5.04. The SMILES string of the molecule is CC(NC(=O)N1CCOC(C(=O)O)C1)C(=O)NC(C)(C)C. The second-order valence-corrected chi connectivity index (χ2v) is 6.05. The highest BCUT2D eigenvalue weighted by atomic mass is 16.5. The Hall–Kier alpha value is -1.83. The number of amides is 3. The summed E-state index contributed by atoms with van der Waals surface area (Å²) in [6, 6.07) is -1.18. The molecular formula is C13H23N3O5. The zero-order chi connectivity index (χ0) is 16.2. The number of nitrogens with one attached hydrogen (secondary N) is 2. The summed E-state index contributed by atoms with van der Waals surface area (Å²) in [5.41, 5.74) is -0.385. The van der Waals surface area contributed by atoms with E-state index in [-0.39, 0.29) is 24.6 Å². The quantitative estimate of drug-likeness (QED) is 0.668. The lowest BCUT2D eigenvalue weighted by atomic mass is 10.1. The van der Waals surface area contributed by atoms with Gasteiger partial charge in [0, 0.05) is 12.1 Å². The Morgan fingerprint density at radius 3 is 2.48 bits per heavy atom. The molecule has 120 valence electrons. The first kappa shape index (κ1) is 17.2. The minimum absolute atomic E-state index is 0.0330. The monoisotopic (exact) mass is 301 g/mol. The lowest BCUT2D eigenvalue weighted by molar-refractivity contribution is -0.154. The van der Waals surface area contributed by atoms with Crippen LogP contribution in [0.1, 0.15) is 27.7 Å². The minimum Gasteiger partial charge on any atom is -0.479 e. The summed E-state index contributed by atoms with van der Waals surface area (Å²) in [6.07, 6.45) is -1.02. The van der Waals surface area contributed by atoms with Gasteiger partial charge < -0.3 is 25.4 Å². The maximum atomic E-state index is 12.0. The first-order valence-corrected chi connectivity index (χ1v) is 6.82. The number of nitrogens with zero attached hydrogens (tertiary/aromatic N) is 1. The third-order valence-corrected chi connectivity index (χ3v) is 2.86. The number of aliphatic carboxylic acids is 1. The first-order valence-electron chi connectivity index (χ1n) is 6.82. The molecule has 1 rings (SSSR count). The van der Waals surface area contributed by atoms with Gasteiger partial charge in [-0.25, -0.2) is 9.59 Å². The fraction of sp³-hybridized carbons (Fsp3) is 0.769. The normalized spacial score (nSPS) is 20.6. The Bertz CT molecular complexity index is 419. The van der Waals surface area contributed by atoms with Gasteiger partial charge in [0.1, 0.15) is 6.04 Å². The molecule has 0 spiro atoms. The van der Waals surface area contributed by atoms with Crippen molar-refractivity contribution in [3.05, 3.63) is 0 Å². The highest BCUT2D eigenvalue weighted by Crippen LogP contribution is 2.06. The van der Waals surface area contributed by atoms with Crippen molar-refractivity contribution < 1.29 is 24.2 Å². The van der Waals surface area contributed by atoms with Gasteiger partial charge in [-0.1, -0.05) is 0 Å².